The summed E-state index contributed by atoms with van der Waals surface area (Å²) >= 11 is 5.88. The molecule has 0 aliphatic heterocycles. The lowest BCUT2D eigenvalue weighted by atomic mass is 10.1. The maximum atomic E-state index is 12.6. The number of amides is 1. The number of hydrogen-bond donors (Lipinski definition) is 2. The largest absolute Gasteiger partial charge is 0.495 e. The highest BCUT2D eigenvalue weighted by atomic mass is 35.5. The van der Waals surface area contributed by atoms with Crippen molar-refractivity contribution in [3.8, 4) is 5.75 Å². The van der Waals surface area contributed by atoms with Gasteiger partial charge in [-0.2, -0.15) is 0 Å². The van der Waals surface area contributed by atoms with Crippen molar-refractivity contribution in [3.63, 3.8) is 0 Å². The molecule has 2 aromatic carbocycles. The third kappa shape index (κ3) is 5.45. The molecule has 8 heteroatoms. The first-order valence-electron chi connectivity index (χ1n) is 8.40. The maximum Gasteiger partial charge on any atom is 0.251 e. The van der Waals surface area contributed by atoms with Gasteiger partial charge < -0.3 is 10.1 Å². The van der Waals surface area contributed by atoms with Crippen LogP contribution in [0.4, 0.5) is 0 Å². The van der Waals surface area contributed by atoms with E-state index in [2.05, 4.69) is 10.0 Å². The number of sulfonamides is 1. The normalized spacial score (nSPS) is 12.7. The van der Waals surface area contributed by atoms with E-state index in [4.69, 9.17) is 16.3 Å². The minimum Gasteiger partial charge on any atom is -0.495 e. The Bertz CT molecular complexity index is 912. The van der Waals surface area contributed by atoms with Crippen LogP contribution in [-0.2, 0) is 10.0 Å². The number of carbonyl (C=O) groups is 1. The fourth-order valence-electron chi connectivity index (χ4n) is 2.52. The Morgan fingerprint density at radius 2 is 1.70 bits per heavy atom. The summed E-state index contributed by atoms with van der Waals surface area (Å²) in [7, 11) is -2.43. The van der Waals surface area contributed by atoms with E-state index in [0.717, 1.165) is 5.56 Å². The number of nitrogens with one attached hydrogen (secondary N) is 2. The van der Waals surface area contributed by atoms with Crippen molar-refractivity contribution >= 4 is 27.5 Å². The monoisotopic (exact) mass is 410 g/mol. The summed E-state index contributed by atoms with van der Waals surface area (Å²) in [5, 5.41) is 3.46. The molecule has 6 nitrogen and oxygen atoms in total. The first-order chi connectivity index (χ1) is 12.6. The van der Waals surface area contributed by atoms with Crippen LogP contribution in [0.15, 0.2) is 47.4 Å². The van der Waals surface area contributed by atoms with Gasteiger partial charge in [-0.05, 0) is 56.7 Å². The highest BCUT2D eigenvalue weighted by molar-refractivity contribution is 7.89. The van der Waals surface area contributed by atoms with Crippen molar-refractivity contribution in [1.82, 2.24) is 10.0 Å². The van der Waals surface area contributed by atoms with Crippen molar-refractivity contribution in [2.45, 2.75) is 37.8 Å². The predicted molar refractivity (Wildman–Crippen MR) is 106 cm³/mol. The number of halogens is 1. The van der Waals surface area contributed by atoms with Crippen LogP contribution < -0.4 is 14.8 Å². The zero-order chi connectivity index (χ0) is 20.2. The van der Waals surface area contributed by atoms with Gasteiger partial charge in [0.05, 0.1) is 13.2 Å². The quantitative estimate of drug-likeness (QED) is 0.731. The van der Waals surface area contributed by atoms with Crippen molar-refractivity contribution < 1.29 is 17.9 Å². The van der Waals surface area contributed by atoms with Crippen LogP contribution >= 0.6 is 11.6 Å². The van der Waals surface area contributed by atoms with Crippen molar-refractivity contribution in [3.05, 3.63) is 58.6 Å². The van der Waals surface area contributed by atoms with Crippen LogP contribution in [0.3, 0.4) is 0 Å². The van der Waals surface area contributed by atoms with E-state index in [1.54, 1.807) is 26.0 Å². The Labute approximate surface area is 164 Å². The smallest absolute Gasteiger partial charge is 0.251 e. The second-order valence-electron chi connectivity index (χ2n) is 6.39. The van der Waals surface area contributed by atoms with Crippen LogP contribution in [0, 0.1) is 0 Å². The molecule has 0 saturated carbocycles. The number of methoxy groups -OCH3 is 1. The average Bonchev–Trinajstić information content (AvgIpc) is 2.60. The Morgan fingerprint density at radius 3 is 2.26 bits per heavy atom. The summed E-state index contributed by atoms with van der Waals surface area (Å²) in [4.78, 5) is 12.5. The average molecular weight is 411 g/mol. The third-order valence-corrected chi connectivity index (χ3v) is 5.76. The van der Waals surface area contributed by atoms with Crippen LogP contribution in [0.25, 0.3) is 0 Å². The van der Waals surface area contributed by atoms with Crippen LogP contribution in [-0.4, -0.2) is 27.5 Å². The Balaban J connectivity index is 2.28. The maximum absolute atomic E-state index is 12.6. The van der Waals surface area contributed by atoms with Crippen LogP contribution in [0.5, 0.6) is 5.75 Å². The van der Waals surface area contributed by atoms with Crippen molar-refractivity contribution in [1.29, 1.82) is 0 Å². The van der Waals surface area contributed by atoms with Gasteiger partial charge >= 0.3 is 0 Å². The molecular formula is C19H23ClN2O4S. The van der Waals surface area contributed by atoms with Gasteiger partial charge in [-0.25, -0.2) is 13.1 Å². The van der Waals surface area contributed by atoms with Crippen molar-refractivity contribution in [2.75, 3.05) is 7.11 Å². The van der Waals surface area contributed by atoms with E-state index in [-0.39, 0.29) is 34.2 Å². The van der Waals surface area contributed by atoms with E-state index >= 15 is 0 Å². The lowest BCUT2D eigenvalue weighted by Gasteiger charge is -2.16. The van der Waals surface area contributed by atoms with E-state index in [9.17, 15) is 13.2 Å². The molecule has 0 aliphatic rings. The van der Waals surface area contributed by atoms with Gasteiger partial charge in [0.1, 0.15) is 10.6 Å². The summed E-state index contributed by atoms with van der Waals surface area (Å²) in [5.41, 5.74) is 1.11. The second kappa shape index (κ2) is 8.73. The number of carbonyl (C=O) groups excluding carboxylic acids is 1. The van der Waals surface area contributed by atoms with E-state index < -0.39 is 10.0 Å². The molecule has 0 bridgehead atoms. The molecule has 2 N–H and O–H groups in total. The van der Waals surface area contributed by atoms with Crippen LogP contribution in [0.1, 0.15) is 42.7 Å². The summed E-state index contributed by atoms with van der Waals surface area (Å²) in [6, 6.07) is 10.9. The number of ether oxygens (including phenoxy) is 1. The summed E-state index contributed by atoms with van der Waals surface area (Å²) in [6.07, 6.45) is 0. The molecule has 2 rings (SSSR count). The minimum atomic E-state index is -3.81. The fraction of sp³-hybridized carbons (Fsp3) is 0.316. The number of hydrogen-bond acceptors (Lipinski definition) is 4. The highest BCUT2D eigenvalue weighted by Crippen LogP contribution is 2.25. The van der Waals surface area contributed by atoms with Gasteiger partial charge in [0.15, 0.2) is 0 Å². The molecule has 1 atom stereocenters. The molecule has 1 amide bonds. The molecule has 0 heterocycles. The second-order valence-corrected chi connectivity index (χ2v) is 8.51. The number of rotatable bonds is 7. The summed E-state index contributed by atoms with van der Waals surface area (Å²) in [5.74, 6) is -0.216. The highest BCUT2D eigenvalue weighted by Gasteiger charge is 2.23. The number of benzene rings is 2. The van der Waals surface area contributed by atoms with Gasteiger partial charge in [0, 0.05) is 16.6 Å². The molecule has 0 unspecified atom stereocenters. The summed E-state index contributed by atoms with van der Waals surface area (Å²) < 4.78 is 32.7. The predicted octanol–water partition coefficient (Wildman–Crippen LogP) is 3.53. The van der Waals surface area contributed by atoms with E-state index in [1.165, 1.54) is 25.3 Å². The Morgan fingerprint density at radius 1 is 1.07 bits per heavy atom. The SMILES string of the molecule is COc1ccc(C(=O)N[C@@H](C)c2ccc(Cl)cc2)cc1S(=O)(=O)NC(C)C. The topological polar surface area (TPSA) is 84.5 Å². The zero-order valence-corrected chi connectivity index (χ0v) is 17.2. The van der Waals surface area contributed by atoms with Crippen molar-refractivity contribution in [2.24, 2.45) is 0 Å². The molecule has 0 spiro atoms. The van der Waals surface area contributed by atoms with Gasteiger partial charge in [0.25, 0.3) is 5.91 Å². The van der Waals surface area contributed by atoms with E-state index in [0.29, 0.717) is 5.02 Å². The molecule has 0 aromatic heterocycles. The van der Waals surface area contributed by atoms with E-state index in [1.807, 2.05) is 19.1 Å². The first kappa shape index (κ1) is 21.2. The molecule has 2 aromatic rings. The molecule has 146 valence electrons. The zero-order valence-electron chi connectivity index (χ0n) is 15.6. The standard InChI is InChI=1S/C19H23ClN2O4S/c1-12(2)22-27(24,25)18-11-15(7-10-17(18)26-4)19(23)21-13(3)14-5-8-16(20)9-6-14/h5-13,22H,1-4H3,(H,21,23)/t13-/m0/s1. The Hall–Kier alpha value is -2.09. The molecule has 0 aliphatic carbocycles. The van der Waals surface area contributed by atoms with Gasteiger partial charge in [-0.3, -0.25) is 4.79 Å². The van der Waals surface area contributed by atoms with Gasteiger partial charge in [0.2, 0.25) is 10.0 Å². The first-order valence-corrected chi connectivity index (χ1v) is 10.3. The lowest BCUT2D eigenvalue weighted by molar-refractivity contribution is 0.0939. The lowest BCUT2D eigenvalue weighted by Crippen LogP contribution is -2.31. The van der Waals surface area contributed by atoms with Gasteiger partial charge in [-0.1, -0.05) is 23.7 Å². The molecule has 0 fully saturated rings. The minimum absolute atomic E-state index is 0.0782. The Kier molecular flexibility index (Phi) is 6.86. The fourth-order valence-corrected chi connectivity index (χ4v) is 4.09. The molecule has 0 radical (unpaired) electrons. The molecule has 27 heavy (non-hydrogen) atoms. The third-order valence-electron chi connectivity index (χ3n) is 3.82. The molecular weight excluding hydrogens is 388 g/mol. The molecule has 0 saturated heterocycles. The van der Waals surface area contributed by atoms with Crippen LogP contribution in [0.2, 0.25) is 5.02 Å². The summed E-state index contributed by atoms with van der Waals surface area (Å²) in [6.45, 7) is 5.27. The van der Waals surface area contributed by atoms with Gasteiger partial charge in [-0.15, -0.1) is 0 Å².